The van der Waals surface area contributed by atoms with Gasteiger partial charge in [-0.05, 0) is 29.8 Å². The van der Waals surface area contributed by atoms with Gasteiger partial charge in [-0.1, -0.05) is 24.3 Å². The summed E-state index contributed by atoms with van der Waals surface area (Å²) in [4.78, 5) is 36.8. The molecule has 170 valence electrons. The lowest BCUT2D eigenvalue weighted by Crippen LogP contribution is -2.37. The lowest BCUT2D eigenvalue weighted by atomic mass is 10.0. The van der Waals surface area contributed by atoms with Crippen molar-refractivity contribution in [1.82, 2.24) is 14.4 Å². The molecule has 0 bridgehead atoms. The first-order valence-corrected chi connectivity index (χ1v) is 11.2. The molecule has 2 N–H and O–H groups in total. The molecule has 2 aliphatic heterocycles. The Morgan fingerprint density at radius 1 is 1.09 bits per heavy atom. The van der Waals surface area contributed by atoms with Crippen molar-refractivity contribution in [2.75, 3.05) is 41.8 Å². The largest absolute Gasteiger partial charge is 0.378 e. The topological polar surface area (TPSA) is 101 Å². The molecule has 34 heavy (non-hydrogen) atoms. The van der Waals surface area contributed by atoms with Crippen LogP contribution in [0.3, 0.4) is 0 Å². The first-order chi connectivity index (χ1) is 16.7. The van der Waals surface area contributed by atoms with Crippen molar-refractivity contribution in [3.05, 3.63) is 72.2 Å². The first-order valence-electron chi connectivity index (χ1n) is 11.2. The monoisotopic (exact) mass is 454 g/mol. The quantitative estimate of drug-likeness (QED) is 0.492. The summed E-state index contributed by atoms with van der Waals surface area (Å²) in [7, 11) is 0. The lowest BCUT2D eigenvalue weighted by Gasteiger charge is -2.27. The summed E-state index contributed by atoms with van der Waals surface area (Å²) in [6.07, 6.45) is 3.85. The van der Waals surface area contributed by atoms with Crippen molar-refractivity contribution in [1.29, 1.82) is 0 Å². The molecule has 1 fully saturated rings. The van der Waals surface area contributed by atoms with Gasteiger partial charge in [0.15, 0.2) is 17.2 Å². The summed E-state index contributed by atoms with van der Waals surface area (Å²) in [5.74, 6) is 0.363. The van der Waals surface area contributed by atoms with E-state index in [0.717, 1.165) is 16.8 Å². The molecule has 0 radical (unpaired) electrons. The summed E-state index contributed by atoms with van der Waals surface area (Å²) < 4.78 is 7.40. The SMILES string of the molecule is O=C1Cc2cc(-c3c(C(=O)Nc4ccccc4)nc4c(N5CCOCC5)nccn34)ccc2N1. The number of fused-ring (bicyclic) bond motifs is 2. The highest BCUT2D eigenvalue weighted by atomic mass is 16.5. The highest BCUT2D eigenvalue weighted by molar-refractivity contribution is 6.08. The highest BCUT2D eigenvalue weighted by Crippen LogP contribution is 2.33. The van der Waals surface area contributed by atoms with Crippen molar-refractivity contribution >= 4 is 34.7 Å². The third-order valence-corrected chi connectivity index (χ3v) is 6.08. The summed E-state index contributed by atoms with van der Waals surface area (Å²) in [6, 6.07) is 15.0. The molecule has 1 saturated heterocycles. The number of ether oxygens (including phenoxy) is 1. The van der Waals surface area contributed by atoms with Crippen LogP contribution in [0.25, 0.3) is 16.9 Å². The number of nitrogens with one attached hydrogen (secondary N) is 2. The summed E-state index contributed by atoms with van der Waals surface area (Å²) in [5.41, 5.74) is 4.74. The minimum absolute atomic E-state index is 0.0360. The smallest absolute Gasteiger partial charge is 0.276 e. The molecular formula is C25H22N6O3. The van der Waals surface area contributed by atoms with Gasteiger partial charge in [-0.3, -0.25) is 14.0 Å². The Morgan fingerprint density at radius 2 is 1.91 bits per heavy atom. The fraction of sp³-hybridized carbons (Fsp3) is 0.200. The number of hydrogen-bond acceptors (Lipinski definition) is 6. The van der Waals surface area contributed by atoms with E-state index in [-0.39, 0.29) is 11.8 Å². The van der Waals surface area contributed by atoms with Gasteiger partial charge in [-0.25, -0.2) is 9.97 Å². The van der Waals surface area contributed by atoms with Gasteiger partial charge < -0.3 is 20.3 Å². The van der Waals surface area contributed by atoms with Crippen LogP contribution in [-0.4, -0.2) is 52.5 Å². The van der Waals surface area contributed by atoms with Crippen molar-refractivity contribution < 1.29 is 14.3 Å². The van der Waals surface area contributed by atoms with Crippen LogP contribution in [0.2, 0.25) is 0 Å². The second-order valence-electron chi connectivity index (χ2n) is 8.27. The number of rotatable bonds is 4. The average molecular weight is 454 g/mol. The van der Waals surface area contributed by atoms with Gasteiger partial charge in [0.1, 0.15) is 0 Å². The molecule has 2 aromatic heterocycles. The number of aromatic nitrogens is 3. The Balaban J connectivity index is 1.51. The van der Waals surface area contributed by atoms with Crippen LogP contribution in [0.5, 0.6) is 0 Å². The number of anilines is 3. The second-order valence-corrected chi connectivity index (χ2v) is 8.27. The molecule has 0 spiro atoms. The predicted octanol–water partition coefficient (Wildman–Crippen LogP) is 2.98. The Labute approximate surface area is 195 Å². The van der Waals surface area contributed by atoms with E-state index >= 15 is 0 Å². The third kappa shape index (κ3) is 3.56. The molecule has 9 nitrogen and oxygen atoms in total. The third-order valence-electron chi connectivity index (χ3n) is 6.08. The highest BCUT2D eigenvalue weighted by Gasteiger charge is 2.26. The van der Waals surface area contributed by atoms with E-state index in [1.54, 1.807) is 6.20 Å². The Kier molecular flexibility index (Phi) is 4.96. The number of hydrogen-bond donors (Lipinski definition) is 2. The molecule has 0 atom stereocenters. The number of benzene rings is 2. The van der Waals surface area contributed by atoms with Crippen molar-refractivity contribution in [3.8, 4) is 11.3 Å². The number of amides is 2. The minimum atomic E-state index is -0.312. The standard InChI is InChI=1S/C25H22N6O3/c32-20-15-17-14-16(6-7-19(17)28-20)22-21(25(33)27-18-4-2-1-3-5-18)29-24-23(26-8-9-31(22)24)30-10-12-34-13-11-30/h1-9,14H,10-13,15H2,(H,27,33)(H,28,32). The number of para-hydroxylation sites is 1. The lowest BCUT2D eigenvalue weighted by molar-refractivity contribution is -0.115. The van der Waals surface area contributed by atoms with Crippen LogP contribution in [0.4, 0.5) is 17.2 Å². The van der Waals surface area contributed by atoms with Crippen LogP contribution in [-0.2, 0) is 16.0 Å². The van der Waals surface area contributed by atoms with Gasteiger partial charge >= 0.3 is 0 Å². The molecule has 9 heteroatoms. The molecule has 6 rings (SSSR count). The maximum absolute atomic E-state index is 13.4. The van der Waals surface area contributed by atoms with E-state index in [2.05, 4.69) is 20.5 Å². The molecule has 0 saturated carbocycles. The van der Waals surface area contributed by atoms with Crippen molar-refractivity contribution in [2.24, 2.45) is 0 Å². The summed E-state index contributed by atoms with van der Waals surface area (Å²) in [6.45, 7) is 2.63. The number of nitrogens with zero attached hydrogens (tertiary/aromatic N) is 4. The normalized spacial score (nSPS) is 15.3. The number of morpholine rings is 1. The van der Waals surface area contributed by atoms with Gasteiger partial charge in [-0.15, -0.1) is 0 Å². The van der Waals surface area contributed by atoms with Gasteiger partial charge in [0.05, 0.1) is 25.3 Å². The molecular weight excluding hydrogens is 432 g/mol. The molecule has 4 aromatic rings. The first kappa shape index (κ1) is 20.4. The van der Waals surface area contributed by atoms with E-state index in [0.29, 0.717) is 61.3 Å². The minimum Gasteiger partial charge on any atom is -0.378 e. The molecule has 2 aliphatic rings. The molecule has 2 amide bonds. The number of carbonyl (C=O) groups is 2. The molecule has 0 unspecified atom stereocenters. The van der Waals surface area contributed by atoms with Crippen LogP contribution in [0, 0.1) is 0 Å². The van der Waals surface area contributed by atoms with E-state index in [1.807, 2.05) is 59.1 Å². The van der Waals surface area contributed by atoms with Crippen LogP contribution < -0.4 is 15.5 Å². The van der Waals surface area contributed by atoms with E-state index < -0.39 is 0 Å². The molecule has 2 aromatic carbocycles. The Hall–Kier alpha value is -4.24. The van der Waals surface area contributed by atoms with E-state index in [4.69, 9.17) is 9.72 Å². The Morgan fingerprint density at radius 3 is 2.74 bits per heavy atom. The average Bonchev–Trinajstić information content (AvgIpc) is 3.44. The number of imidazole rings is 1. The van der Waals surface area contributed by atoms with Crippen LogP contribution >= 0.6 is 0 Å². The van der Waals surface area contributed by atoms with Gasteiger partial charge in [0, 0.05) is 42.4 Å². The van der Waals surface area contributed by atoms with E-state index in [1.165, 1.54) is 0 Å². The van der Waals surface area contributed by atoms with E-state index in [9.17, 15) is 9.59 Å². The van der Waals surface area contributed by atoms with Crippen molar-refractivity contribution in [3.63, 3.8) is 0 Å². The Bertz CT molecular complexity index is 1410. The predicted molar refractivity (Wildman–Crippen MR) is 128 cm³/mol. The maximum Gasteiger partial charge on any atom is 0.276 e. The second kappa shape index (κ2) is 8.27. The fourth-order valence-electron chi connectivity index (χ4n) is 4.48. The zero-order valence-electron chi connectivity index (χ0n) is 18.3. The van der Waals surface area contributed by atoms with Crippen LogP contribution in [0.15, 0.2) is 60.9 Å². The van der Waals surface area contributed by atoms with Gasteiger partial charge in [0.2, 0.25) is 5.91 Å². The number of carbonyl (C=O) groups excluding carboxylic acids is 2. The van der Waals surface area contributed by atoms with Crippen LogP contribution in [0.1, 0.15) is 16.1 Å². The summed E-state index contributed by atoms with van der Waals surface area (Å²) in [5, 5.41) is 5.81. The van der Waals surface area contributed by atoms with Gasteiger partial charge in [-0.2, -0.15) is 0 Å². The van der Waals surface area contributed by atoms with Gasteiger partial charge in [0.25, 0.3) is 5.91 Å². The zero-order valence-corrected chi connectivity index (χ0v) is 18.3. The maximum atomic E-state index is 13.4. The van der Waals surface area contributed by atoms with Crippen molar-refractivity contribution in [2.45, 2.75) is 6.42 Å². The molecule has 4 heterocycles. The summed E-state index contributed by atoms with van der Waals surface area (Å²) >= 11 is 0. The molecule has 0 aliphatic carbocycles. The fourth-order valence-corrected chi connectivity index (χ4v) is 4.48. The zero-order chi connectivity index (χ0) is 23.1.